The van der Waals surface area contributed by atoms with Crippen LogP contribution in [0.25, 0.3) is 0 Å². The Balaban J connectivity index is 1.42. The molecular weight excluding hydrogens is 408 g/mol. The maximum atomic E-state index is 12.3. The number of aliphatic hydroxyl groups excluding tert-OH is 1. The molecule has 0 saturated carbocycles. The maximum absolute atomic E-state index is 12.3. The minimum absolute atomic E-state index is 0.0601. The molecule has 1 fully saturated rings. The summed E-state index contributed by atoms with van der Waals surface area (Å²) in [7, 11) is 0. The second kappa shape index (κ2) is 11.0. The summed E-state index contributed by atoms with van der Waals surface area (Å²) in [6, 6.07) is 28.1. The van der Waals surface area contributed by atoms with Gasteiger partial charge in [0.15, 0.2) is 6.29 Å². The lowest BCUT2D eigenvalue weighted by Crippen LogP contribution is -2.39. The monoisotopic (exact) mass is 434 g/mol. The third kappa shape index (κ3) is 5.81. The number of carbonyl (C=O) groups is 1. The molecule has 1 N–H and O–H groups in total. The maximum Gasteiger partial charge on any atom is 0.338 e. The Morgan fingerprint density at radius 1 is 0.750 bits per heavy atom. The van der Waals surface area contributed by atoms with E-state index < -0.39 is 30.6 Å². The van der Waals surface area contributed by atoms with Gasteiger partial charge in [-0.05, 0) is 23.3 Å². The quantitative estimate of drug-likeness (QED) is 0.518. The van der Waals surface area contributed by atoms with Gasteiger partial charge in [0, 0.05) is 0 Å². The lowest BCUT2D eigenvalue weighted by molar-refractivity contribution is -0.151. The van der Waals surface area contributed by atoms with Crippen molar-refractivity contribution in [1.29, 1.82) is 0 Å². The number of esters is 1. The molecule has 0 radical (unpaired) electrons. The summed E-state index contributed by atoms with van der Waals surface area (Å²) < 4.78 is 23.2. The van der Waals surface area contributed by atoms with Gasteiger partial charge < -0.3 is 24.1 Å². The first kappa shape index (κ1) is 22.2. The van der Waals surface area contributed by atoms with E-state index in [2.05, 4.69) is 0 Å². The van der Waals surface area contributed by atoms with Crippen molar-refractivity contribution in [2.45, 2.75) is 37.8 Å². The second-order valence-electron chi connectivity index (χ2n) is 7.55. The van der Waals surface area contributed by atoms with Crippen molar-refractivity contribution in [2.24, 2.45) is 0 Å². The van der Waals surface area contributed by atoms with E-state index in [0.717, 1.165) is 11.1 Å². The zero-order valence-electron chi connectivity index (χ0n) is 17.6. The van der Waals surface area contributed by atoms with Gasteiger partial charge in [-0.15, -0.1) is 0 Å². The van der Waals surface area contributed by atoms with Crippen LogP contribution in [0.3, 0.4) is 0 Å². The van der Waals surface area contributed by atoms with Crippen LogP contribution in [0.1, 0.15) is 21.5 Å². The number of hydrogen-bond acceptors (Lipinski definition) is 6. The van der Waals surface area contributed by atoms with Gasteiger partial charge in [0.05, 0.1) is 18.8 Å². The predicted molar refractivity (Wildman–Crippen MR) is 118 cm³/mol. The molecule has 1 aliphatic heterocycles. The van der Waals surface area contributed by atoms with E-state index >= 15 is 0 Å². The summed E-state index contributed by atoms with van der Waals surface area (Å²) in [5.74, 6) is -0.459. The molecule has 3 aromatic carbocycles. The fraction of sp³-hybridized carbons (Fsp3) is 0.269. The van der Waals surface area contributed by atoms with E-state index in [4.69, 9.17) is 18.9 Å². The molecule has 6 heteroatoms. The molecule has 1 saturated heterocycles. The summed E-state index contributed by atoms with van der Waals surface area (Å²) in [6.07, 6.45) is -3.20. The summed E-state index contributed by atoms with van der Waals surface area (Å²) in [5, 5.41) is 10.5. The highest BCUT2D eigenvalue weighted by atomic mass is 16.7. The number of carbonyl (C=O) groups excluding carboxylic acids is 1. The fourth-order valence-corrected chi connectivity index (χ4v) is 3.57. The molecule has 0 spiro atoms. The lowest BCUT2D eigenvalue weighted by atomic mass is 10.1. The van der Waals surface area contributed by atoms with Crippen LogP contribution in [0.15, 0.2) is 91.0 Å². The molecule has 0 aromatic heterocycles. The number of benzene rings is 3. The first-order chi connectivity index (χ1) is 15.7. The first-order valence-corrected chi connectivity index (χ1v) is 10.6. The molecule has 0 amide bonds. The van der Waals surface area contributed by atoms with Crippen LogP contribution < -0.4 is 0 Å². The predicted octanol–water partition coefficient (Wildman–Crippen LogP) is 3.73. The van der Waals surface area contributed by atoms with Crippen molar-refractivity contribution in [3.8, 4) is 0 Å². The van der Waals surface area contributed by atoms with Crippen LogP contribution in [0.2, 0.25) is 0 Å². The molecule has 3 aromatic rings. The molecule has 4 rings (SSSR count). The van der Waals surface area contributed by atoms with Crippen molar-refractivity contribution < 1.29 is 28.8 Å². The molecule has 32 heavy (non-hydrogen) atoms. The third-order valence-electron chi connectivity index (χ3n) is 5.24. The third-order valence-corrected chi connectivity index (χ3v) is 5.24. The summed E-state index contributed by atoms with van der Waals surface area (Å²) >= 11 is 0. The Morgan fingerprint density at radius 2 is 1.25 bits per heavy atom. The van der Waals surface area contributed by atoms with Crippen molar-refractivity contribution in [3.63, 3.8) is 0 Å². The van der Waals surface area contributed by atoms with Gasteiger partial charge in [-0.2, -0.15) is 0 Å². The van der Waals surface area contributed by atoms with Gasteiger partial charge in [0.25, 0.3) is 0 Å². The van der Waals surface area contributed by atoms with Gasteiger partial charge >= 0.3 is 5.97 Å². The Labute approximate surface area is 187 Å². The highest BCUT2D eigenvalue weighted by Crippen LogP contribution is 2.28. The number of hydrogen-bond donors (Lipinski definition) is 1. The topological polar surface area (TPSA) is 74.2 Å². The first-order valence-electron chi connectivity index (χ1n) is 10.6. The number of aliphatic hydroxyl groups is 1. The van der Waals surface area contributed by atoms with Gasteiger partial charge in [-0.3, -0.25) is 0 Å². The summed E-state index contributed by atoms with van der Waals surface area (Å²) in [5.41, 5.74) is 2.40. The molecule has 1 aliphatic rings. The molecule has 1 heterocycles. The Kier molecular flexibility index (Phi) is 7.64. The van der Waals surface area contributed by atoms with Crippen LogP contribution in [0, 0.1) is 0 Å². The molecular formula is C26H26O6. The highest BCUT2D eigenvalue weighted by molar-refractivity contribution is 5.89. The molecule has 0 aliphatic carbocycles. The highest BCUT2D eigenvalue weighted by Gasteiger charge is 2.46. The molecule has 0 bridgehead atoms. The number of ether oxygens (including phenoxy) is 4. The van der Waals surface area contributed by atoms with Crippen LogP contribution in [0.5, 0.6) is 0 Å². The minimum atomic E-state index is -1.19. The Bertz CT molecular complexity index is 963. The van der Waals surface area contributed by atoms with E-state index in [1.807, 2.05) is 66.7 Å². The lowest BCUT2D eigenvalue weighted by Gasteiger charge is -2.24. The van der Waals surface area contributed by atoms with Gasteiger partial charge in [-0.1, -0.05) is 78.9 Å². The van der Waals surface area contributed by atoms with E-state index in [1.54, 1.807) is 24.3 Å². The smallest absolute Gasteiger partial charge is 0.338 e. The van der Waals surface area contributed by atoms with Crippen molar-refractivity contribution in [3.05, 3.63) is 108 Å². The normalized spacial score (nSPS) is 22.5. The van der Waals surface area contributed by atoms with Crippen molar-refractivity contribution in [2.75, 3.05) is 6.61 Å². The van der Waals surface area contributed by atoms with E-state index in [-0.39, 0.29) is 6.61 Å². The van der Waals surface area contributed by atoms with Crippen LogP contribution in [0.4, 0.5) is 0 Å². The minimum Gasteiger partial charge on any atom is -0.459 e. The largest absolute Gasteiger partial charge is 0.459 e. The molecule has 4 atom stereocenters. The Hall–Kier alpha value is -3.03. The standard InChI is InChI=1S/C26H26O6/c27-25(21-14-8-3-9-15-21)31-18-22-23(29-16-19-10-4-1-5-11-19)24(26(28)32-22)30-17-20-12-6-2-7-13-20/h1-15,22-24,26,28H,16-18H2/t22-,23-,24+,26+/m1/s1. The summed E-state index contributed by atoms with van der Waals surface area (Å²) in [6.45, 7) is 0.555. The SMILES string of the molecule is O=C(OC[C@H]1O[C@H](O)[C@@H](OCc2ccccc2)[C@@H]1OCc1ccccc1)c1ccccc1. The fourth-order valence-electron chi connectivity index (χ4n) is 3.57. The van der Waals surface area contributed by atoms with E-state index in [1.165, 1.54) is 0 Å². The Morgan fingerprint density at radius 3 is 1.81 bits per heavy atom. The van der Waals surface area contributed by atoms with Crippen molar-refractivity contribution >= 4 is 5.97 Å². The van der Waals surface area contributed by atoms with E-state index in [0.29, 0.717) is 18.8 Å². The molecule has 0 unspecified atom stereocenters. The van der Waals surface area contributed by atoms with Gasteiger partial charge in [0.1, 0.15) is 24.9 Å². The second-order valence-corrected chi connectivity index (χ2v) is 7.55. The average Bonchev–Trinajstić information content (AvgIpc) is 3.15. The summed E-state index contributed by atoms with van der Waals surface area (Å²) in [4.78, 5) is 12.3. The van der Waals surface area contributed by atoms with Crippen LogP contribution in [-0.2, 0) is 32.2 Å². The van der Waals surface area contributed by atoms with Crippen LogP contribution >= 0.6 is 0 Å². The van der Waals surface area contributed by atoms with Crippen LogP contribution in [-0.4, -0.2) is 42.3 Å². The zero-order chi connectivity index (χ0) is 22.2. The average molecular weight is 434 g/mol. The van der Waals surface area contributed by atoms with Gasteiger partial charge in [0.2, 0.25) is 0 Å². The molecule has 166 valence electrons. The van der Waals surface area contributed by atoms with Crippen molar-refractivity contribution in [1.82, 2.24) is 0 Å². The van der Waals surface area contributed by atoms with Gasteiger partial charge in [-0.25, -0.2) is 4.79 Å². The number of rotatable bonds is 9. The van der Waals surface area contributed by atoms with E-state index in [9.17, 15) is 9.90 Å². The molecule has 6 nitrogen and oxygen atoms in total. The zero-order valence-corrected chi connectivity index (χ0v) is 17.6.